The zero-order chi connectivity index (χ0) is 17.1. The first-order valence-corrected chi connectivity index (χ1v) is 9.09. The Bertz CT molecular complexity index is 690. The van der Waals surface area contributed by atoms with Gasteiger partial charge in [0.2, 0.25) is 0 Å². The van der Waals surface area contributed by atoms with E-state index < -0.39 is 0 Å². The maximum Gasteiger partial charge on any atom is 0.105 e. The summed E-state index contributed by atoms with van der Waals surface area (Å²) < 4.78 is 14.3. The van der Waals surface area contributed by atoms with Crippen molar-refractivity contribution >= 4 is 0 Å². The van der Waals surface area contributed by atoms with Crippen LogP contribution in [0.25, 0.3) is 0 Å². The second-order valence-corrected chi connectivity index (χ2v) is 7.22. The average Bonchev–Trinajstić information content (AvgIpc) is 3.18. The van der Waals surface area contributed by atoms with Gasteiger partial charge in [0, 0.05) is 37.7 Å². The van der Waals surface area contributed by atoms with E-state index >= 15 is 0 Å². The first-order chi connectivity index (χ1) is 12.2. The number of aryl methyl sites for hydroxylation is 1. The lowest BCUT2D eigenvalue weighted by Crippen LogP contribution is -2.44. The number of aromatic nitrogens is 3. The van der Waals surface area contributed by atoms with Gasteiger partial charge in [-0.2, -0.15) is 5.10 Å². The summed E-state index contributed by atoms with van der Waals surface area (Å²) in [7, 11) is 0. The molecular formula is C19H26N4O2. The summed E-state index contributed by atoms with van der Waals surface area (Å²) in [4.78, 5) is 7.06. The molecule has 0 radical (unpaired) electrons. The second kappa shape index (κ2) is 7.23. The first-order valence-electron chi connectivity index (χ1n) is 9.09. The zero-order valence-electron chi connectivity index (χ0n) is 14.8. The maximum absolute atomic E-state index is 6.49. The lowest BCUT2D eigenvalue weighted by atomic mass is 10.00. The maximum atomic E-state index is 6.49. The van der Waals surface area contributed by atoms with Crippen molar-refractivity contribution in [2.75, 3.05) is 26.3 Å². The molecule has 0 bridgehead atoms. The largest absolute Gasteiger partial charge is 0.377 e. The van der Waals surface area contributed by atoms with Crippen molar-refractivity contribution in [3.05, 3.63) is 48.0 Å². The van der Waals surface area contributed by atoms with Gasteiger partial charge < -0.3 is 9.47 Å². The van der Waals surface area contributed by atoms with E-state index in [1.807, 2.05) is 36.1 Å². The zero-order valence-corrected chi connectivity index (χ0v) is 14.8. The molecule has 4 heterocycles. The van der Waals surface area contributed by atoms with Crippen molar-refractivity contribution in [2.45, 2.75) is 44.6 Å². The summed E-state index contributed by atoms with van der Waals surface area (Å²) >= 11 is 0. The third-order valence-electron chi connectivity index (χ3n) is 5.05. The van der Waals surface area contributed by atoms with Crippen molar-refractivity contribution in [1.29, 1.82) is 0 Å². The van der Waals surface area contributed by atoms with Crippen LogP contribution in [-0.4, -0.2) is 57.7 Å². The molecular weight excluding hydrogens is 316 g/mol. The van der Waals surface area contributed by atoms with E-state index in [-0.39, 0.29) is 11.7 Å². The molecule has 0 N–H and O–H groups in total. The molecule has 134 valence electrons. The van der Waals surface area contributed by atoms with Crippen LogP contribution in [0.3, 0.4) is 0 Å². The van der Waals surface area contributed by atoms with Crippen LogP contribution in [0.15, 0.2) is 36.7 Å². The van der Waals surface area contributed by atoms with Crippen LogP contribution in [-0.2, 0) is 22.6 Å². The Balaban J connectivity index is 1.41. The Kier molecular flexibility index (Phi) is 4.83. The third-order valence-corrected chi connectivity index (χ3v) is 5.05. The van der Waals surface area contributed by atoms with Crippen molar-refractivity contribution in [3.8, 4) is 0 Å². The Hall–Kier alpha value is -1.76. The summed E-state index contributed by atoms with van der Waals surface area (Å²) in [5.74, 6) is 0. The smallest absolute Gasteiger partial charge is 0.105 e. The first kappa shape index (κ1) is 16.7. The molecule has 2 aromatic heterocycles. The van der Waals surface area contributed by atoms with E-state index in [2.05, 4.69) is 27.1 Å². The molecule has 0 saturated carbocycles. The van der Waals surface area contributed by atoms with Crippen LogP contribution >= 0.6 is 0 Å². The summed E-state index contributed by atoms with van der Waals surface area (Å²) in [6, 6.07) is 8.17. The van der Waals surface area contributed by atoms with Gasteiger partial charge in [0.05, 0.1) is 31.6 Å². The minimum Gasteiger partial charge on any atom is -0.377 e. The molecule has 0 unspecified atom stereocenters. The number of rotatable bonds is 4. The fourth-order valence-corrected chi connectivity index (χ4v) is 3.90. The van der Waals surface area contributed by atoms with Crippen LogP contribution in [0.1, 0.15) is 24.2 Å². The number of hydrogen-bond acceptors (Lipinski definition) is 5. The summed E-state index contributed by atoms with van der Waals surface area (Å²) in [6.07, 6.45) is 6.11. The molecule has 2 fully saturated rings. The molecule has 2 saturated heterocycles. The van der Waals surface area contributed by atoms with Crippen LogP contribution in [0.2, 0.25) is 0 Å². The van der Waals surface area contributed by atoms with E-state index in [0.29, 0.717) is 6.61 Å². The second-order valence-electron chi connectivity index (χ2n) is 7.22. The van der Waals surface area contributed by atoms with Crippen molar-refractivity contribution in [1.82, 2.24) is 19.7 Å². The number of hydrogen-bond donors (Lipinski definition) is 0. The van der Waals surface area contributed by atoms with Crippen molar-refractivity contribution < 1.29 is 9.47 Å². The molecule has 2 aliphatic heterocycles. The third kappa shape index (κ3) is 4.08. The molecule has 25 heavy (non-hydrogen) atoms. The molecule has 0 aromatic carbocycles. The highest BCUT2D eigenvalue weighted by atomic mass is 16.6. The Morgan fingerprint density at radius 3 is 3.12 bits per heavy atom. The topological polar surface area (TPSA) is 52.4 Å². The molecule has 2 aliphatic rings. The van der Waals surface area contributed by atoms with Crippen LogP contribution < -0.4 is 0 Å². The Morgan fingerprint density at radius 1 is 1.32 bits per heavy atom. The fourth-order valence-electron chi connectivity index (χ4n) is 3.90. The fraction of sp³-hybridized carbons (Fsp3) is 0.579. The van der Waals surface area contributed by atoms with Gasteiger partial charge in [-0.1, -0.05) is 6.07 Å². The molecule has 0 aliphatic carbocycles. The Labute approximate surface area is 148 Å². The molecule has 0 amide bonds. The highest BCUT2D eigenvalue weighted by molar-refractivity contribution is 5.10. The van der Waals surface area contributed by atoms with Crippen LogP contribution in [0.4, 0.5) is 0 Å². The molecule has 6 heteroatoms. The molecule has 2 atom stereocenters. The highest BCUT2D eigenvalue weighted by Crippen LogP contribution is 2.34. The average molecular weight is 342 g/mol. The summed E-state index contributed by atoms with van der Waals surface area (Å²) in [6.45, 7) is 6.95. The minimum atomic E-state index is -0.196. The molecule has 2 aromatic rings. The number of pyridine rings is 1. The van der Waals surface area contributed by atoms with Crippen molar-refractivity contribution in [3.63, 3.8) is 0 Å². The molecule has 1 spiro atoms. The SMILES string of the molecule is Cc1cccc(CN2CCOC[C@]3(CC[C@H](Cn4cccn4)O3)C2)n1. The number of ether oxygens (including phenoxy) is 2. The normalized spacial score (nSPS) is 27.6. The molecule has 6 nitrogen and oxygen atoms in total. The lowest BCUT2D eigenvalue weighted by molar-refractivity contribution is -0.0905. The lowest BCUT2D eigenvalue weighted by Gasteiger charge is -2.31. The van der Waals surface area contributed by atoms with Crippen LogP contribution in [0.5, 0.6) is 0 Å². The van der Waals surface area contributed by atoms with E-state index in [4.69, 9.17) is 9.47 Å². The van der Waals surface area contributed by atoms with E-state index in [1.165, 1.54) is 0 Å². The minimum absolute atomic E-state index is 0.196. The quantitative estimate of drug-likeness (QED) is 0.851. The monoisotopic (exact) mass is 342 g/mol. The Morgan fingerprint density at radius 2 is 2.28 bits per heavy atom. The van der Waals surface area contributed by atoms with Gasteiger partial charge in [0.1, 0.15) is 5.60 Å². The van der Waals surface area contributed by atoms with Gasteiger partial charge in [-0.25, -0.2) is 0 Å². The van der Waals surface area contributed by atoms with Gasteiger partial charge in [0.25, 0.3) is 0 Å². The number of nitrogens with zero attached hydrogens (tertiary/aromatic N) is 4. The van der Waals surface area contributed by atoms with Gasteiger partial charge in [-0.3, -0.25) is 14.6 Å². The van der Waals surface area contributed by atoms with Gasteiger partial charge in [0.15, 0.2) is 0 Å². The van der Waals surface area contributed by atoms with Gasteiger partial charge >= 0.3 is 0 Å². The van der Waals surface area contributed by atoms with Crippen molar-refractivity contribution in [2.24, 2.45) is 0 Å². The summed E-state index contributed by atoms with van der Waals surface area (Å²) in [5, 5.41) is 4.30. The molecule has 4 rings (SSSR count). The van der Waals surface area contributed by atoms with E-state index in [9.17, 15) is 0 Å². The highest BCUT2D eigenvalue weighted by Gasteiger charge is 2.43. The van der Waals surface area contributed by atoms with Crippen LogP contribution in [0, 0.1) is 6.92 Å². The standard InChI is InChI=1S/C19H26N4O2/c1-16-4-2-5-17(21-16)12-22-10-11-24-15-19(14-22)7-6-18(25-19)13-23-9-3-8-20-23/h2-5,8-9,18H,6-7,10-15H2,1H3/t18-,19+/m1/s1. The van der Waals surface area contributed by atoms with Gasteiger partial charge in [-0.05, 0) is 38.0 Å². The predicted octanol–water partition coefficient (Wildman–Crippen LogP) is 2.04. The summed E-state index contributed by atoms with van der Waals surface area (Å²) in [5.41, 5.74) is 1.98. The van der Waals surface area contributed by atoms with Gasteiger partial charge in [-0.15, -0.1) is 0 Å². The predicted molar refractivity (Wildman–Crippen MR) is 94.1 cm³/mol. The van der Waals surface area contributed by atoms with E-state index in [1.54, 1.807) is 0 Å². The van der Waals surface area contributed by atoms with E-state index in [0.717, 1.165) is 57.0 Å².